The van der Waals surface area contributed by atoms with Crippen molar-refractivity contribution in [1.82, 2.24) is 0 Å². The lowest BCUT2D eigenvalue weighted by Gasteiger charge is -2.14. The van der Waals surface area contributed by atoms with Gasteiger partial charge >= 0.3 is 12.6 Å². The maximum atomic E-state index is 12.4. The molecule has 2 aromatic carbocycles. The minimum absolute atomic E-state index is 0.0486. The van der Waals surface area contributed by atoms with Crippen LogP contribution in [-0.4, -0.2) is 17.7 Å². The van der Waals surface area contributed by atoms with Crippen molar-refractivity contribution in [2.75, 3.05) is 5.32 Å². The molecule has 4 nitrogen and oxygen atoms in total. The van der Waals surface area contributed by atoms with Gasteiger partial charge in [0.2, 0.25) is 0 Å². The second-order valence-electron chi connectivity index (χ2n) is 4.35. The van der Waals surface area contributed by atoms with Crippen LogP contribution in [0.1, 0.15) is 15.9 Å². The highest BCUT2D eigenvalue weighted by molar-refractivity contribution is 5.95. The summed E-state index contributed by atoms with van der Waals surface area (Å²) in [5.74, 6) is -1.16. The molecule has 0 aromatic heterocycles. The molecule has 0 aliphatic carbocycles. The fourth-order valence-electron chi connectivity index (χ4n) is 1.86. The minimum Gasteiger partial charge on any atom is -0.478 e. The van der Waals surface area contributed by atoms with Crippen LogP contribution < -0.4 is 10.1 Å². The van der Waals surface area contributed by atoms with E-state index >= 15 is 0 Å². The SMILES string of the molecule is Cc1ccc(C(=O)O)c(Nc2ccccc2OC(F)F)c1. The molecule has 2 aromatic rings. The number of nitrogens with one attached hydrogen (secondary N) is 1. The molecule has 0 spiro atoms. The molecule has 0 fully saturated rings. The molecular weight excluding hydrogens is 280 g/mol. The quantitative estimate of drug-likeness (QED) is 0.873. The summed E-state index contributed by atoms with van der Waals surface area (Å²) in [4.78, 5) is 11.2. The number of ether oxygens (including phenoxy) is 1. The average molecular weight is 293 g/mol. The molecule has 0 unspecified atom stereocenters. The molecule has 0 aliphatic rings. The molecule has 0 heterocycles. The van der Waals surface area contributed by atoms with E-state index in [1.807, 2.05) is 0 Å². The highest BCUT2D eigenvalue weighted by atomic mass is 19.3. The lowest BCUT2D eigenvalue weighted by molar-refractivity contribution is -0.0493. The normalized spacial score (nSPS) is 10.5. The van der Waals surface area contributed by atoms with E-state index in [1.54, 1.807) is 31.2 Å². The van der Waals surface area contributed by atoms with Gasteiger partial charge in [-0.3, -0.25) is 0 Å². The average Bonchev–Trinajstić information content (AvgIpc) is 2.40. The molecule has 0 radical (unpaired) electrons. The van der Waals surface area contributed by atoms with Crippen molar-refractivity contribution in [3.8, 4) is 5.75 Å². The first-order valence-electron chi connectivity index (χ1n) is 6.12. The number of carboxylic acid groups (broad SMARTS) is 1. The van der Waals surface area contributed by atoms with Crippen molar-refractivity contribution >= 4 is 17.3 Å². The Morgan fingerprint density at radius 2 is 1.90 bits per heavy atom. The molecular formula is C15H13F2NO3. The smallest absolute Gasteiger partial charge is 0.387 e. The monoisotopic (exact) mass is 293 g/mol. The van der Waals surface area contributed by atoms with E-state index in [4.69, 9.17) is 5.11 Å². The zero-order valence-electron chi connectivity index (χ0n) is 11.1. The molecule has 0 aliphatic heterocycles. The van der Waals surface area contributed by atoms with Crippen LogP contribution in [0.4, 0.5) is 20.2 Å². The molecule has 0 amide bonds. The third-order valence-electron chi connectivity index (χ3n) is 2.78. The first kappa shape index (κ1) is 14.8. The lowest BCUT2D eigenvalue weighted by atomic mass is 10.1. The van der Waals surface area contributed by atoms with E-state index in [0.717, 1.165) is 5.56 Å². The summed E-state index contributed by atoms with van der Waals surface area (Å²) in [7, 11) is 0. The van der Waals surface area contributed by atoms with Crippen LogP contribution in [0.3, 0.4) is 0 Å². The summed E-state index contributed by atoms with van der Waals surface area (Å²) >= 11 is 0. The van der Waals surface area contributed by atoms with Crippen LogP contribution >= 0.6 is 0 Å². The number of alkyl halides is 2. The standard InChI is InChI=1S/C15H13F2NO3/c1-9-6-7-10(14(19)20)12(8-9)18-11-4-2-3-5-13(11)21-15(16)17/h2-8,15,18H,1H3,(H,19,20). The van der Waals surface area contributed by atoms with Gasteiger partial charge in [0, 0.05) is 0 Å². The van der Waals surface area contributed by atoms with E-state index in [9.17, 15) is 13.6 Å². The maximum Gasteiger partial charge on any atom is 0.387 e. The van der Waals surface area contributed by atoms with E-state index in [2.05, 4.69) is 10.1 Å². The van der Waals surface area contributed by atoms with Crippen LogP contribution in [0, 0.1) is 6.92 Å². The van der Waals surface area contributed by atoms with Gasteiger partial charge in [-0.15, -0.1) is 0 Å². The van der Waals surface area contributed by atoms with E-state index in [0.29, 0.717) is 5.69 Å². The summed E-state index contributed by atoms with van der Waals surface area (Å²) < 4.78 is 29.1. The fraction of sp³-hybridized carbons (Fsp3) is 0.133. The summed E-state index contributed by atoms with van der Waals surface area (Å²) in [6.45, 7) is -1.15. The number of anilines is 2. The Kier molecular flexibility index (Phi) is 4.37. The Labute approximate surface area is 120 Å². The minimum atomic E-state index is -2.95. The number of halogens is 2. The van der Waals surface area contributed by atoms with Crippen LogP contribution in [0.5, 0.6) is 5.75 Å². The Morgan fingerprint density at radius 3 is 2.57 bits per heavy atom. The number of aryl methyl sites for hydroxylation is 1. The largest absolute Gasteiger partial charge is 0.478 e. The highest BCUT2D eigenvalue weighted by Gasteiger charge is 2.13. The van der Waals surface area contributed by atoms with E-state index in [-0.39, 0.29) is 17.0 Å². The molecule has 0 saturated heterocycles. The van der Waals surface area contributed by atoms with Gasteiger partial charge in [0.1, 0.15) is 5.75 Å². The Hall–Kier alpha value is -2.63. The van der Waals surface area contributed by atoms with Gasteiger partial charge in [-0.25, -0.2) is 4.79 Å². The van der Waals surface area contributed by atoms with Gasteiger partial charge in [-0.05, 0) is 36.8 Å². The zero-order chi connectivity index (χ0) is 15.4. The Bertz CT molecular complexity index is 659. The van der Waals surface area contributed by atoms with Crippen molar-refractivity contribution in [2.45, 2.75) is 13.5 Å². The topological polar surface area (TPSA) is 58.6 Å². The van der Waals surface area contributed by atoms with Crippen LogP contribution in [0.2, 0.25) is 0 Å². The molecule has 0 saturated carbocycles. The lowest BCUT2D eigenvalue weighted by Crippen LogP contribution is -2.06. The number of hydrogen-bond acceptors (Lipinski definition) is 3. The molecule has 110 valence electrons. The predicted molar refractivity (Wildman–Crippen MR) is 74.5 cm³/mol. The third-order valence-corrected chi connectivity index (χ3v) is 2.78. The van der Waals surface area contributed by atoms with Gasteiger partial charge in [-0.1, -0.05) is 18.2 Å². The van der Waals surface area contributed by atoms with Crippen LogP contribution in [-0.2, 0) is 0 Å². The Morgan fingerprint density at radius 1 is 1.19 bits per heavy atom. The van der Waals surface area contributed by atoms with Gasteiger partial charge in [-0.2, -0.15) is 8.78 Å². The zero-order valence-corrected chi connectivity index (χ0v) is 11.1. The maximum absolute atomic E-state index is 12.4. The number of para-hydroxylation sites is 2. The summed E-state index contributed by atoms with van der Waals surface area (Å²) in [6, 6.07) is 10.8. The van der Waals surface area contributed by atoms with Gasteiger partial charge in [0.15, 0.2) is 0 Å². The molecule has 2 N–H and O–H groups in total. The van der Waals surface area contributed by atoms with Crippen molar-refractivity contribution < 1.29 is 23.4 Å². The van der Waals surface area contributed by atoms with E-state index in [1.165, 1.54) is 18.2 Å². The van der Waals surface area contributed by atoms with Crippen molar-refractivity contribution in [2.24, 2.45) is 0 Å². The van der Waals surface area contributed by atoms with Gasteiger partial charge in [0.25, 0.3) is 0 Å². The number of aromatic carboxylic acids is 1. The summed E-state index contributed by atoms with van der Waals surface area (Å²) in [5.41, 5.74) is 1.47. The molecule has 2 rings (SSSR count). The van der Waals surface area contributed by atoms with Gasteiger partial charge < -0.3 is 15.2 Å². The summed E-state index contributed by atoms with van der Waals surface area (Å²) in [5, 5.41) is 12.0. The molecule has 6 heteroatoms. The Balaban J connectivity index is 2.38. The van der Waals surface area contributed by atoms with Crippen LogP contribution in [0.15, 0.2) is 42.5 Å². The number of carboxylic acids is 1. The first-order valence-corrected chi connectivity index (χ1v) is 6.12. The second-order valence-corrected chi connectivity index (χ2v) is 4.35. The number of hydrogen-bond donors (Lipinski definition) is 2. The second kappa shape index (κ2) is 6.21. The number of benzene rings is 2. The summed E-state index contributed by atoms with van der Waals surface area (Å²) in [6.07, 6.45) is 0. The number of rotatable bonds is 5. The molecule has 0 atom stereocenters. The fourth-order valence-corrected chi connectivity index (χ4v) is 1.86. The van der Waals surface area contributed by atoms with Crippen molar-refractivity contribution in [1.29, 1.82) is 0 Å². The van der Waals surface area contributed by atoms with Crippen molar-refractivity contribution in [3.05, 3.63) is 53.6 Å². The molecule has 0 bridgehead atoms. The highest BCUT2D eigenvalue weighted by Crippen LogP contribution is 2.30. The van der Waals surface area contributed by atoms with Crippen molar-refractivity contribution in [3.63, 3.8) is 0 Å². The predicted octanol–water partition coefficient (Wildman–Crippen LogP) is 4.04. The third kappa shape index (κ3) is 3.68. The number of carbonyl (C=O) groups is 1. The van der Waals surface area contributed by atoms with Crippen LogP contribution in [0.25, 0.3) is 0 Å². The first-order chi connectivity index (χ1) is 9.97. The van der Waals surface area contributed by atoms with E-state index < -0.39 is 12.6 Å². The molecule has 21 heavy (non-hydrogen) atoms. The van der Waals surface area contributed by atoms with Gasteiger partial charge in [0.05, 0.1) is 16.9 Å².